The zero-order chi connectivity index (χ0) is 15.0. The van der Waals surface area contributed by atoms with Crippen LogP contribution in [0, 0.1) is 18.3 Å². The van der Waals surface area contributed by atoms with E-state index in [1.807, 2.05) is 6.07 Å². The topological polar surface area (TPSA) is 53.6 Å². The van der Waals surface area contributed by atoms with Crippen LogP contribution < -0.4 is 5.32 Å². The Hall–Kier alpha value is -1.86. The number of aryl methyl sites for hydroxylation is 1. The van der Waals surface area contributed by atoms with Crippen molar-refractivity contribution in [3.8, 4) is 6.07 Å². The molecule has 1 fully saturated rings. The molecule has 4 nitrogen and oxygen atoms in total. The van der Waals surface area contributed by atoms with Crippen LogP contribution in [-0.2, 0) is 0 Å². The van der Waals surface area contributed by atoms with Gasteiger partial charge in [-0.1, -0.05) is 12.1 Å². The number of fused-ring (bicyclic) bond motifs is 1. The number of benzene rings is 1. The summed E-state index contributed by atoms with van der Waals surface area (Å²) in [7, 11) is 0. The molecule has 4 heteroatoms. The molecule has 0 bridgehead atoms. The first-order valence-electron chi connectivity index (χ1n) is 7.67. The van der Waals surface area contributed by atoms with Crippen LogP contribution in [0.1, 0.15) is 45.0 Å². The van der Waals surface area contributed by atoms with E-state index in [0.29, 0.717) is 12.1 Å². The number of nitriles is 1. The maximum Gasteiger partial charge on any atom is 0.109 e. The molecule has 110 valence electrons. The van der Waals surface area contributed by atoms with Crippen molar-refractivity contribution in [2.75, 3.05) is 0 Å². The average molecular weight is 282 g/mol. The Morgan fingerprint density at radius 1 is 1.43 bits per heavy atom. The van der Waals surface area contributed by atoms with Gasteiger partial charge in [-0.05, 0) is 52.2 Å². The SMILES string of the molecule is Cc1nc2ccccc2n1C1CCC(C#N)(NC(C)C)C1. The van der Waals surface area contributed by atoms with E-state index in [9.17, 15) is 5.26 Å². The Kier molecular flexibility index (Phi) is 3.46. The van der Waals surface area contributed by atoms with Crippen molar-refractivity contribution in [2.24, 2.45) is 0 Å². The summed E-state index contributed by atoms with van der Waals surface area (Å²) < 4.78 is 2.32. The standard InChI is InChI=1S/C17H22N4/c1-12(2)20-17(11-18)9-8-14(10-17)21-13(3)19-15-6-4-5-7-16(15)21/h4-7,12,14,20H,8-10H2,1-3H3. The molecule has 1 aliphatic rings. The lowest BCUT2D eigenvalue weighted by Gasteiger charge is -2.26. The minimum Gasteiger partial charge on any atom is -0.325 e. The van der Waals surface area contributed by atoms with E-state index < -0.39 is 5.54 Å². The van der Waals surface area contributed by atoms with Crippen LogP contribution in [-0.4, -0.2) is 21.1 Å². The molecule has 1 aromatic heterocycles. The Labute approximate surface area is 125 Å². The molecular formula is C17H22N4. The molecule has 0 radical (unpaired) electrons. The normalized spacial score (nSPS) is 25.6. The molecule has 0 saturated heterocycles. The summed E-state index contributed by atoms with van der Waals surface area (Å²) >= 11 is 0. The molecule has 2 unspecified atom stereocenters. The van der Waals surface area contributed by atoms with E-state index in [0.717, 1.165) is 30.6 Å². The van der Waals surface area contributed by atoms with Crippen LogP contribution in [0.5, 0.6) is 0 Å². The first-order valence-corrected chi connectivity index (χ1v) is 7.67. The quantitative estimate of drug-likeness (QED) is 0.939. The van der Waals surface area contributed by atoms with Crippen molar-refractivity contribution >= 4 is 11.0 Å². The van der Waals surface area contributed by atoms with E-state index in [-0.39, 0.29) is 0 Å². The lowest BCUT2D eigenvalue weighted by Crippen LogP contribution is -2.45. The van der Waals surface area contributed by atoms with Crippen LogP contribution in [0.15, 0.2) is 24.3 Å². The fourth-order valence-electron chi connectivity index (χ4n) is 3.68. The first-order chi connectivity index (χ1) is 10.0. The predicted molar refractivity (Wildman–Crippen MR) is 84.0 cm³/mol. The summed E-state index contributed by atoms with van der Waals surface area (Å²) in [5.74, 6) is 1.04. The summed E-state index contributed by atoms with van der Waals surface area (Å²) in [6.45, 7) is 6.26. The highest BCUT2D eigenvalue weighted by Gasteiger charge is 2.41. The lowest BCUT2D eigenvalue weighted by molar-refractivity contribution is 0.369. The van der Waals surface area contributed by atoms with Crippen molar-refractivity contribution < 1.29 is 0 Å². The number of aromatic nitrogens is 2. The third-order valence-electron chi connectivity index (χ3n) is 4.40. The van der Waals surface area contributed by atoms with Crippen molar-refractivity contribution in [1.29, 1.82) is 5.26 Å². The maximum atomic E-state index is 9.63. The highest BCUT2D eigenvalue weighted by atomic mass is 15.1. The second-order valence-electron chi connectivity index (χ2n) is 6.41. The number of nitrogens with zero attached hydrogens (tertiary/aromatic N) is 3. The summed E-state index contributed by atoms with van der Waals surface area (Å²) in [5, 5.41) is 13.1. The van der Waals surface area contributed by atoms with Gasteiger partial charge in [-0.25, -0.2) is 4.98 Å². The molecule has 0 amide bonds. The average Bonchev–Trinajstić information content (AvgIpc) is 2.98. The predicted octanol–water partition coefficient (Wildman–Crippen LogP) is 3.33. The van der Waals surface area contributed by atoms with Gasteiger partial charge < -0.3 is 4.57 Å². The van der Waals surface area contributed by atoms with E-state index in [1.165, 1.54) is 5.52 Å². The molecular weight excluding hydrogens is 260 g/mol. The Morgan fingerprint density at radius 3 is 2.90 bits per heavy atom. The number of imidazole rings is 1. The Bertz CT molecular complexity index is 694. The van der Waals surface area contributed by atoms with Gasteiger partial charge in [-0.3, -0.25) is 5.32 Å². The fraction of sp³-hybridized carbons (Fsp3) is 0.529. The molecule has 1 N–H and O–H groups in total. The molecule has 3 rings (SSSR count). The van der Waals surface area contributed by atoms with Gasteiger partial charge >= 0.3 is 0 Å². The van der Waals surface area contributed by atoms with Gasteiger partial charge in [0.25, 0.3) is 0 Å². The van der Waals surface area contributed by atoms with Crippen molar-refractivity contribution in [1.82, 2.24) is 14.9 Å². The van der Waals surface area contributed by atoms with Crippen molar-refractivity contribution in [3.63, 3.8) is 0 Å². The second kappa shape index (κ2) is 5.16. The number of nitrogens with one attached hydrogen (secondary N) is 1. The highest BCUT2D eigenvalue weighted by Crippen LogP contribution is 2.40. The number of para-hydroxylation sites is 2. The Balaban J connectivity index is 1.95. The summed E-state index contributed by atoms with van der Waals surface area (Å²) in [6.07, 6.45) is 2.77. The van der Waals surface area contributed by atoms with Gasteiger partial charge in [-0.15, -0.1) is 0 Å². The van der Waals surface area contributed by atoms with Gasteiger partial charge in [0.1, 0.15) is 11.4 Å². The van der Waals surface area contributed by atoms with Crippen LogP contribution >= 0.6 is 0 Å². The molecule has 1 aromatic carbocycles. The van der Waals surface area contributed by atoms with E-state index in [2.05, 4.69) is 59.9 Å². The van der Waals surface area contributed by atoms with Gasteiger partial charge in [0.2, 0.25) is 0 Å². The summed E-state index contributed by atoms with van der Waals surface area (Å²) in [5.41, 5.74) is 1.83. The zero-order valence-corrected chi connectivity index (χ0v) is 12.9. The molecule has 1 aliphatic carbocycles. The second-order valence-corrected chi connectivity index (χ2v) is 6.41. The zero-order valence-electron chi connectivity index (χ0n) is 12.9. The summed E-state index contributed by atoms with van der Waals surface area (Å²) in [6, 6.07) is 11.4. The summed E-state index contributed by atoms with van der Waals surface area (Å²) in [4.78, 5) is 4.65. The molecule has 0 aliphatic heterocycles. The molecule has 2 atom stereocenters. The minimum atomic E-state index is -0.392. The molecule has 2 aromatic rings. The minimum absolute atomic E-state index is 0.323. The van der Waals surface area contributed by atoms with Crippen LogP contribution in [0.25, 0.3) is 11.0 Å². The van der Waals surface area contributed by atoms with Crippen LogP contribution in [0.4, 0.5) is 0 Å². The van der Waals surface area contributed by atoms with Gasteiger partial charge in [-0.2, -0.15) is 5.26 Å². The highest BCUT2D eigenvalue weighted by molar-refractivity contribution is 5.76. The molecule has 21 heavy (non-hydrogen) atoms. The van der Waals surface area contributed by atoms with Crippen LogP contribution in [0.2, 0.25) is 0 Å². The third kappa shape index (κ3) is 2.43. The van der Waals surface area contributed by atoms with Crippen LogP contribution in [0.3, 0.4) is 0 Å². The lowest BCUT2D eigenvalue weighted by atomic mass is 9.98. The molecule has 0 spiro atoms. The van der Waals surface area contributed by atoms with Gasteiger partial charge in [0.15, 0.2) is 0 Å². The largest absolute Gasteiger partial charge is 0.325 e. The van der Waals surface area contributed by atoms with E-state index in [1.54, 1.807) is 0 Å². The van der Waals surface area contributed by atoms with E-state index in [4.69, 9.17) is 0 Å². The van der Waals surface area contributed by atoms with E-state index >= 15 is 0 Å². The monoisotopic (exact) mass is 282 g/mol. The number of hydrogen-bond donors (Lipinski definition) is 1. The number of hydrogen-bond acceptors (Lipinski definition) is 3. The number of rotatable bonds is 3. The molecule has 1 heterocycles. The first kappa shape index (κ1) is 14.1. The van der Waals surface area contributed by atoms with Crippen molar-refractivity contribution in [3.05, 3.63) is 30.1 Å². The smallest absolute Gasteiger partial charge is 0.109 e. The molecule has 1 saturated carbocycles. The maximum absolute atomic E-state index is 9.63. The fourth-order valence-corrected chi connectivity index (χ4v) is 3.68. The third-order valence-corrected chi connectivity index (χ3v) is 4.40. The van der Waals surface area contributed by atoms with Gasteiger partial charge in [0, 0.05) is 12.1 Å². The van der Waals surface area contributed by atoms with Crippen molar-refractivity contribution in [2.45, 2.75) is 57.7 Å². The Morgan fingerprint density at radius 2 is 2.19 bits per heavy atom. The van der Waals surface area contributed by atoms with Gasteiger partial charge in [0.05, 0.1) is 17.1 Å².